The number of nitriles is 1. The molecule has 2 N–H and O–H groups in total. The summed E-state index contributed by atoms with van der Waals surface area (Å²) in [5.41, 5.74) is 10.9. The van der Waals surface area contributed by atoms with E-state index in [0.29, 0.717) is 5.56 Å². The van der Waals surface area contributed by atoms with Gasteiger partial charge in [0, 0.05) is 5.56 Å². The summed E-state index contributed by atoms with van der Waals surface area (Å²) in [4.78, 5) is 0. The molecule has 0 heterocycles. The van der Waals surface area contributed by atoms with Crippen LogP contribution in [0.4, 0.5) is 0 Å². The van der Waals surface area contributed by atoms with Crippen LogP contribution in [0.5, 0.6) is 0 Å². The van der Waals surface area contributed by atoms with Gasteiger partial charge in [0.25, 0.3) is 0 Å². The summed E-state index contributed by atoms with van der Waals surface area (Å²) in [6.45, 7) is 3.92. The molecule has 3 nitrogen and oxygen atoms in total. The molecule has 0 spiro atoms. The first kappa shape index (κ1) is 20.2. The van der Waals surface area contributed by atoms with Crippen LogP contribution in [0.15, 0.2) is 48.5 Å². The average Bonchev–Trinajstić information content (AvgIpc) is 2.54. The molecule has 1 unspecified atom stereocenters. The van der Waals surface area contributed by atoms with E-state index in [1.54, 1.807) is 0 Å². The number of nitrogens with two attached hydrogens (primary N) is 1. The molecule has 0 saturated carbocycles. The SMILES string of the molecule is CCc1ccc(C(N)C[N+](C)(C)Cc2ccc(C#N)cc2)cc1.[Cl-]. The molecule has 0 aromatic heterocycles. The van der Waals surface area contributed by atoms with Crippen LogP contribution in [0.3, 0.4) is 0 Å². The summed E-state index contributed by atoms with van der Waals surface area (Å²) in [6.07, 6.45) is 1.05. The molecule has 0 aliphatic carbocycles. The third kappa shape index (κ3) is 5.65. The smallest absolute Gasteiger partial charge is 0.104 e. The Kier molecular flexibility index (Phi) is 7.44. The zero-order chi connectivity index (χ0) is 16.9. The maximum Gasteiger partial charge on any atom is 0.104 e. The first-order chi connectivity index (χ1) is 10.9. The second kappa shape index (κ2) is 8.84. The zero-order valence-corrected chi connectivity index (χ0v) is 15.4. The number of benzene rings is 2. The first-order valence-electron chi connectivity index (χ1n) is 8.09. The van der Waals surface area contributed by atoms with Crippen molar-refractivity contribution < 1.29 is 16.9 Å². The molecule has 2 aromatic carbocycles. The van der Waals surface area contributed by atoms with Gasteiger partial charge in [0.2, 0.25) is 0 Å². The van der Waals surface area contributed by atoms with E-state index in [-0.39, 0.29) is 18.4 Å². The van der Waals surface area contributed by atoms with Gasteiger partial charge in [-0.2, -0.15) is 5.26 Å². The highest BCUT2D eigenvalue weighted by Gasteiger charge is 2.21. The molecule has 128 valence electrons. The number of aryl methyl sites for hydroxylation is 1. The molecule has 4 heteroatoms. The van der Waals surface area contributed by atoms with Crippen LogP contribution in [-0.4, -0.2) is 25.1 Å². The van der Waals surface area contributed by atoms with Gasteiger partial charge < -0.3 is 22.6 Å². The van der Waals surface area contributed by atoms with Crippen molar-refractivity contribution in [1.29, 1.82) is 5.26 Å². The molecule has 0 saturated heterocycles. The fraction of sp³-hybridized carbons (Fsp3) is 0.350. The molecule has 0 aliphatic heterocycles. The number of quaternary nitrogens is 1. The van der Waals surface area contributed by atoms with Crippen molar-refractivity contribution in [3.63, 3.8) is 0 Å². The molecular weight excluding hydrogens is 318 g/mol. The van der Waals surface area contributed by atoms with Crippen LogP contribution >= 0.6 is 0 Å². The number of hydrogen-bond acceptors (Lipinski definition) is 2. The van der Waals surface area contributed by atoms with Crippen LogP contribution in [0, 0.1) is 11.3 Å². The van der Waals surface area contributed by atoms with Gasteiger partial charge in [-0.3, -0.25) is 0 Å². The average molecular weight is 344 g/mol. The summed E-state index contributed by atoms with van der Waals surface area (Å²) in [6, 6.07) is 18.6. The van der Waals surface area contributed by atoms with Gasteiger partial charge in [-0.25, -0.2) is 0 Å². The largest absolute Gasteiger partial charge is 1.00 e. The molecule has 0 radical (unpaired) electrons. The lowest BCUT2D eigenvalue weighted by atomic mass is 10.0. The Bertz CT molecular complexity index is 670. The summed E-state index contributed by atoms with van der Waals surface area (Å²) in [5.74, 6) is 0. The minimum atomic E-state index is 0. The number of hydrogen-bond donors (Lipinski definition) is 1. The molecule has 0 aliphatic rings. The summed E-state index contributed by atoms with van der Waals surface area (Å²) >= 11 is 0. The van der Waals surface area contributed by atoms with E-state index in [9.17, 15) is 0 Å². The molecule has 2 rings (SSSR count). The van der Waals surface area contributed by atoms with Gasteiger partial charge in [-0.05, 0) is 29.7 Å². The highest BCUT2D eigenvalue weighted by molar-refractivity contribution is 5.31. The maximum atomic E-state index is 8.87. The van der Waals surface area contributed by atoms with Crippen molar-refractivity contribution >= 4 is 0 Å². The maximum absolute atomic E-state index is 8.87. The van der Waals surface area contributed by atoms with Gasteiger partial charge in [-0.1, -0.05) is 43.3 Å². The van der Waals surface area contributed by atoms with Gasteiger partial charge in [0.05, 0.1) is 38.3 Å². The van der Waals surface area contributed by atoms with Crippen LogP contribution in [-0.2, 0) is 13.0 Å². The van der Waals surface area contributed by atoms with E-state index < -0.39 is 0 Å². The third-order valence-corrected chi connectivity index (χ3v) is 4.20. The second-order valence-electron chi connectivity index (χ2n) is 6.79. The quantitative estimate of drug-likeness (QED) is 0.772. The van der Waals surface area contributed by atoms with Crippen LogP contribution in [0.1, 0.15) is 35.2 Å². The Morgan fingerprint density at radius 3 is 2.04 bits per heavy atom. The summed E-state index contributed by atoms with van der Waals surface area (Å²) in [7, 11) is 4.39. The van der Waals surface area contributed by atoms with E-state index in [0.717, 1.165) is 24.0 Å². The van der Waals surface area contributed by atoms with E-state index in [1.165, 1.54) is 16.7 Å². The van der Waals surface area contributed by atoms with Gasteiger partial charge in [-0.15, -0.1) is 0 Å². The Labute approximate surface area is 151 Å². The summed E-state index contributed by atoms with van der Waals surface area (Å²) < 4.78 is 0.808. The molecule has 0 amide bonds. The minimum absolute atomic E-state index is 0. The van der Waals surface area contributed by atoms with Gasteiger partial charge >= 0.3 is 0 Å². The fourth-order valence-electron chi connectivity index (χ4n) is 2.88. The third-order valence-electron chi connectivity index (χ3n) is 4.20. The minimum Gasteiger partial charge on any atom is -1.00 e. The summed E-state index contributed by atoms with van der Waals surface area (Å²) in [5, 5.41) is 8.87. The van der Waals surface area contributed by atoms with Gasteiger partial charge in [0.15, 0.2) is 0 Å². The highest BCUT2D eigenvalue weighted by atomic mass is 35.5. The monoisotopic (exact) mass is 343 g/mol. The lowest BCUT2D eigenvalue weighted by molar-refractivity contribution is -0.905. The molecule has 24 heavy (non-hydrogen) atoms. The van der Waals surface area contributed by atoms with Crippen LogP contribution in [0.2, 0.25) is 0 Å². The Morgan fingerprint density at radius 1 is 1.00 bits per heavy atom. The Balaban J connectivity index is 0.00000288. The van der Waals surface area contributed by atoms with Crippen molar-refractivity contribution in [3.05, 3.63) is 70.8 Å². The Hall–Kier alpha value is -1.86. The van der Waals surface area contributed by atoms with Crippen molar-refractivity contribution in [2.45, 2.75) is 25.9 Å². The zero-order valence-electron chi connectivity index (χ0n) is 14.7. The van der Waals surface area contributed by atoms with Crippen molar-refractivity contribution in [2.24, 2.45) is 5.73 Å². The fourth-order valence-corrected chi connectivity index (χ4v) is 2.88. The van der Waals surface area contributed by atoms with Crippen molar-refractivity contribution in [2.75, 3.05) is 20.6 Å². The standard InChI is InChI=1S/C20H26N3.ClH/c1-4-16-9-11-19(12-10-16)20(22)15-23(2,3)14-18-7-5-17(13-21)6-8-18;/h5-12,20H,4,14-15,22H2,1-3H3;1H/q+1;/p-1. The Morgan fingerprint density at radius 2 is 1.54 bits per heavy atom. The van der Waals surface area contributed by atoms with E-state index in [4.69, 9.17) is 11.0 Å². The van der Waals surface area contributed by atoms with Crippen molar-refractivity contribution in [3.8, 4) is 6.07 Å². The van der Waals surface area contributed by atoms with E-state index in [2.05, 4.69) is 51.4 Å². The lowest BCUT2D eigenvalue weighted by Crippen LogP contribution is -3.00. The predicted molar refractivity (Wildman–Crippen MR) is 94.6 cm³/mol. The van der Waals surface area contributed by atoms with Crippen molar-refractivity contribution in [1.82, 2.24) is 0 Å². The predicted octanol–water partition coefficient (Wildman–Crippen LogP) is 0.401. The lowest BCUT2D eigenvalue weighted by Gasteiger charge is -2.32. The first-order valence-corrected chi connectivity index (χ1v) is 8.09. The molecule has 0 bridgehead atoms. The molecule has 1 atom stereocenters. The number of halogens is 1. The second-order valence-corrected chi connectivity index (χ2v) is 6.79. The highest BCUT2D eigenvalue weighted by Crippen LogP contribution is 2.18. The van der Waals surface area contributed by atoms with Gasteiger partial charge in [0.1, 0.15) is 6.54 Å². The number of likely N-dealkylation sites (N-methyl/N-ethyl adjacent to an activating group) is 1. The normalized spacial score (nSPS) is 12.1. The van der Waals surface area contributed by atoms with Crippen LogP contribution < -0.4 is 18.1 Å². The topological polar surface area (TPSA) is 49.8 Å². The molecule has 2 aromatic rings. The van der Waals surface area contributed by atoms with E-state index >= 15 is 0 Å². The number of nitrogens with zero attached hydrogens (tertiary/aromatic N) is 2. The van der Waals surface area contributed by atoms with Crippen LogP contribution in [0.25, 0.3) is 0 Å². The molecule has 0 fully saturated rings. The number of rotatable bonds is 6. The van der Waals surface area contributed by atoms with E-state index in [1.807, 2.05) is 24.3 Å². The molecular formula is C20H26ClN3.